The summed E-state index contributed by atoms with van der Waals surface area (Å²) in [6, 6.07) is 7.65. The summed E-state index contributed by atoms with van der Waals surface area (Å²) < 4.78 is 13.1. The molecule has 1 aliphatic heterocycles. The van der Waals surface area contributed by atoms with Crippen molar-refractivity contribution >= 4 is 0 Å². The van der Waals surface area contributed by atoms with Gasteiger partial charge < -0.3 is 5.32 Å². The summed E-state index contributed by atoms with van der Waals surface area (Å²) in [6.07, 6.45) is 7.85. The van der Waals surface area contributed by atoms with Crippen LogP contribution >= 0.6 is 0 Å². The van der Waals surface area contributed by atoms with Crippen molar-refractivity contribution in [1.29, 1.82) is 0 Å². The Labute approximate surface area is 127 Å². The van der Waals surface area contributed by atoms with Gasteiger partial charge in [0.15, 0.2) is 0 Å². The molecule has 116 valence electrons. The van der Waals surface area contributed by atoms with E-state index in [9.17, 15) is 4.39 Å². The third-order valence-corrected chi connectivity index (χ3v) is 5.40. The van der Waals surface area contributed by atoms with Crippen LogP contribution in [0.1, 0.15) is 51.0 Å². The molecule has 1 aromatic rings. The van der Waals surface area contributed by atoms with Crippen LogP contribution in [-0.2, 0) is 6.54 Å². The van der Waals surface area contributed by atoms with Gasteiger partial charge in [0.1, 0.15) is 5.82 Å². The zero-order chi connectivity index (χ0) is 14.7. The van der Waals surface area contributed by atoms with Crippen molar-refractivity contribution in [2.45, 2.75) is 63.6 Å². The average molecular weight is 290 g/mol. The second-order valence-corrected chi connectivity index (χ2v) is 6.78. The van der Waals surface area contributed by atoms with Crippen LogP contribution in [0.25, 0.3) is 0 Å². The van der Waals surface area contributed by atoms with Crippen LogP contribution in [0.3, 0.4) is 0 Å². The molecule has 2 fully saturated rings. The Hall–Kier alpha value is -0.930. The van der Waals surface area contributed by atoms with E-state index in [4.69, 9.17) is 0 Å². The van der Waals surface area contributed by atoms with Crippen LogP contribution in [0.5, 0.6) is 0 Å². The second-order valence-electron chi connectivity index (χ2n) is 6.78. The number of hydrogen-bond donors (Lipinski definition) is 1. The topological polar surface area (TPSA) is 15.3 Å². The Morgan fingerprint density at radius 1 is 1.19 bits per heavy atom. The molecule has 0 bridgehead atoms. The van der Waals surface area contributed by atoms with E-state index in [1.54, 1.807) is 12.1 Å². The Morgan fingerprint density at radius 3 is 2.57 bits per heavy atom. The monoisotopic (exact) mass is 290 g/mol. The molecular weight excluding hydrogens is 263 g/mol. The Morgan fingerprint density at radius 2 is 1.90 bits per heavy atom. The summed E-state index contributed by atoms with van der Waals surface area (Å²) in [5.74, 6) is -0.141. The summed E-state index contributed by atoms with van der Waals surface area (Å²) >= 11 is 0. The largest absolute Gasteiger partial charge is 0.311 e. The lowest BCUT2D eigenvalue weighted by Gasteiger charge is -2.52. The molecular formula is C18H27FN2. The highest BCUT2D eigenvalue weighted by Gasteiger charge is 2.41. The SMILES string of the molecule is CCC1CN(Cc2ccc(F)cc2)C2(CCCCC2)CN1. The average Bonchev–Trinajstić information content (AvgIpc) is 2.53. The van der Waals surface area contributed by atoms with E-state index in [1.165, 1.54) is 44.1 Å². The van der Waals surface area contributed by atoms with Crippen molar-refractivity contribution in [1.82, 2.24) is 10.2 Å². The van der Waals surface area contributed by atoms with Gasteiger partial charge in [0.2, 0.25) is 0 Å². The van der Waals surface area contributed by atoms with Crippen LogP contribution in [0.2, 0.25) is 0 Å². The zero-order valence-electron chi connectivity index (χ0n) is 13.1. The minimum absolute atomic E-state index is 0.141. The van der Waals surface area contributed by atoms with Crippen LogP contribution < -0.4 is 5.32 Å². The molecule has 1 atom stereocenters. The molecule has 1 N–H and O–H groups in total. The van der Waals surface area contributed by atoms with Gasteiger partial charge in [0.25, 0.3) is 0 Å². The minimum atomic E-state index is -0.141. The fraction of sp³-hybridized carbons (Fsp3) is 0.667. The molecule has 1 heterocycles. The minimum Gasteiger partial charge on any atom is -0.311 e. The third kappa shape index (κ3) is 3.29. The van der Waals surface area contributed by atoms with Gasteiger partial charge in [-0.1, -0.05) is 38.3 Å². The van der Waals surface area contributed by atoms with Crippen molar-refractivity contribution in [3.05, 3.63) is 35.6 Å². The van der Waals surface area contributed by atoms with Crippen molar-refractivity contribution in [3.8, 4) is 0 Å². The van der Waals surface area contributed by atoms with E-state index in [-0.39, 0.29) is 5.82 Å². The number of halogens is 1. The van der Waals surface area contributed by atoms with Gasteiger partial charge in [-0.25, -0.2) is 4.39 Å². The first kappa shape index (κ1) is 15.0. The molecule has 0 amide bonds. The highest BCUT2D eigenvalue weighted by atomic mass is 19.1. The van der Waals surface area contributed by atoms with Gasteiger partial charge in [-0.15, -0.1) is 0 Å². The Balaban J connectivity index is 1.77. The van der Waals surface area contributed by atoms with Gasteiger partial charge in [0, 0.05) is 31.2 Å². The number of benzene rings is 1. The van der Waals surface area contributed by atoms with Gasteiger partial charge in [-0.3, -0.25) is 4.90 Å². The fourth-order valence-electron chi connectivity index (χ4n) is 3.99. The van der Waals surface area contributed by atoms with E-state index in [0.29, 0.717) is 11.6 Å². The van der Waals surface area contributed by atoms with Crippen molar-refractivity contribution in [2.24, 2.45) is 0 Å². The van der Waals surface area contributed by atoms with Crippen molar-refractivity contribution in [2.75, 3.05) is 13.1 Å². The van der Waals surface area contributed by atoms with Crippen molar-refractivity contribution in [3.63, 3.8) is 0 Å². The summed E-state index contributed by atoms with van der Waals surface area (Å²) in [5.41, 5.74) is 1.57. The molecule has 2 nitrogen and oxygen atoms in total. The van der Waals surface area contributed by atoms with E-state index in [0.717, 1.165) is 19.6 Å². The molecule has 1 aliphatic carbocycles. The molecule has 1 saturated carbocycles. The molecule has 2 aliphatic rings. The molecule has 1 saturated heterocycles. The molecule has 1 spiro atoms. The fourth-order valence-corrected chi connectivity index (χ4v) is 3.99. The maximum atomic E-state index is 13.1. The number of rotatable bonds is 3. The number of piperazine rings is 1. The molecule has 0 aromatic heterocycles. The molecule has 1 unspecified atom stereocenters. The predicted molar refractivity (Wildman–Crippen MR) is 84.7 cm³/mol. The van der Waals surface area contributed by atoms with Crippen LogP contribution in [0, 0.1) is 5.82 Å². The van der Waals surface area contributed by atoms with E-state index >= 15 is 0 Å². The van der Waals surface area contributed by atoms with Crippen LogP contribution in [0.4, 0.5) is 4.39 Å². The number of nitrogens with one attached hydrogen (secondary N) is 1. The normalized spacial score (nSPS) is 26.1. The van der Waals surface area contributed by atoms with Gasteiger partial charge in [-0.2, -0.15) is 0 Å². The lowest BCUT2D eigenvalue weighted by Crippen LogP contribution is -2.64. The summed E-state index contributed by atoms with van der Waals surface area (Å²) in [4.78, 5) is 2.68. The number of hydrogen-bond acceptors (Lipinski definition) is 2. The van der Waals surface area contributed by atoms with E-state index < -0.39 is 0 Å². The lowest BCUT2D eigenvalue weighted by atomic mass is 9.78. The lowest BCUT2D eigenvalue weighted by molar-refractivity contribution is 0.00272. The molecule has 3 rings (SSSR count). The third-order valence-electron chi connectivity index (χ3n) is 5.40. The standard InChI is InChI=1S/C18H27FN2/c1-2-17-13-21(12-15-6-8-16(19)9-7-15)18(14-20-17)10-4-3-5-11-18/h6-9,17,20H,2-5,10-14H2,1H3. The summed E-state index contributed by atoms with van der Waals surface area (Å²) in [7, 11) is 0. The highest BCUT2D eigenvalue weighted by molar-refractivity contribution is 5.17. The maximum Gasteiger partial charge on any atom is 0.123 e. The van der Waals surface area contributed by atoms with Crippen molar-refractivity contribution < 1.29 is 4.39 Å². The van der Waals surface area contributed by atoms with Gasteiger partial charge >= 0.3 is 0 Å². The van der Waals surface area contributed by atoms with Gasteiger partial charge in [-0.05, 0) is 37.0 Å². The van der Waals surface area contributed by atoms with Gasteiger partial charge in [0.05, 0.1) is 0 Å². The molecule has 0 radical (unpaired) electrons. The van der Waals surface area contributed by atoms with Crippen LogP contribution in [0.15, 0.2) is 24.3 Å². The number of nitrogens with zero attached hydrogens (tertiary/aromatic N) is 1. The molecule has 21 heavy (non-hydrogen) atoms. The van der Waals surface area contributed by atoms with E-state index in [2.05, 4.69) is 17.1 Å². The summed E-state index contributed by atoms with van der Waals surface area (Å²) in [5, 5.41) is 3.75. The first-order valence-corrected chi connectivity index (χ1v) is 8.45. The highest BCUT2D eigenvalue weighted by Crippen LogP contribution is 2.36. The Bertz CT molecular complexity index is 451. The van der Waals surface area contributed by atoms with Crippen LogP contribution in [-0.4, -0.2) is 29.6 Å². The quantitative estimate of drug-likeness (QED) is 0.913. The maximum absolute atomic E-state index is 13.1. The van der Waals surface area contributed by atoms with E-state index in [1.807, 2.05) is 12.1 Å². The smallest absolute Gasteiger partial charge is 0.123 e. The Kier molecular flexibility index (Phi) is 4.60. The summed E-state index contributed by atoms with van der Waals surface area (Å²) in [6.45, 7) is 5.45. The molecule has 3 heteroatoms. The first-order chi connectivity index (χ1) is 10.2. The second kappa shape index (κ2) is 6.45. The zero-order valence-corrected chi connectivity index (χ0v) is 13.1. The predicted octanol–water partition coefficient (Wildman–Crippen LogP) is 3.71. The molecule has 1 aromatic carbocycles. The first-order valence-electron chi connectivity index (χ1n) is 8.45.